The van der Waals surface area contributed by atoms with Crippen LogP contribution in [0.1, 0.15) is 11.4 Å². The normalized spacial score (nSPS) is 11.1. The number of aryl methyl sites for hydroxylation is 1. The van der Waals surface area contributed by atoms with E-state index in [2.05, 4.69) is 41.6 Å². The molecule has 14 heteroatoms. The zero-order valence-corrected chi connectivity index (χ0v) is 19.8. The van der Waals surface area contributed by atoms with Gasteiger partial charge in [-0.25, -0.2) is 19.6 Å². The van der Waals surface area contributed by atoms with Gasteiger partial charge in [0.25, 0.3) is 0 Å². The lowest BCUT2D eigenvalue weighted by Gasteiger charge is -2.13. The molecule has 5 aromatic heterocycles. The molecule has 0 aliphatic carbocycles. The van der Waals surface area contributed by atoms with Crippen molar-refractivity contribution in [2.75, 3.05) is 5.73 Å². The minimum Gasteiger partial charge on any atom is -0.368 e. The van der Waals surface area contributed by atoms with E-state index >= 15 is 0 Å². The Morgan fingerprint density at radius 1 is 1.11 bits per heavy atom. The van der Waals surface area contributed by atoms with Crippen molar-refractivity contribution in [1.29, 1.82) is 5.26 Å². The van der Waals surface area contributed by atoms with E-state index in [0.29, 0.717) is 50.9 Å². The number of nitrogens with two attached hydrogens (primary N) is 1. The van der Waals surface area contributed by atoms with Crippen LogP contribution in [0.5, 0.6) is 0 Å². The van der Waals surface area contributed by atoms with Crippen LogP contribution in [0.3, 0.4) is 0 Å². The highest BCUT2D eigenvalue weighted by Gasteiger charge is 2.22. The summed E-state index contributed by atoms with van der Waals surface area (Å²) in [5.41, 5.74) is 9.96. The lowest BCUT2D eigenvalue weighted by atomic mass is 10.00. The molecule has 0 saturated heterocycles. The molecule has 5 heterocycles. The fourth-order valence-electron chi connectivity index (χ4n) is 4.06. The third-order valence-electron chi connectivity index (χ3n) is 5.81. The van der Waals surface area contributed by atoms with Crippen molar-refractivity contribution in [2.45, 2.75) is 6.54 Å². The minimum absolute atomic E-state index is 0.0931. The number of pyridine rings is 1. The molecule has 38 heavy (non-hydrogen) atoms. The van der Waals surface area contributed by atoms with Crippen LogP contribution < -0.4 is 11.3 Å². The first-order valence-electron chi connectivity index (χ1n) is 11.3. The van der Waals surface area contributed by atoms with Crippen LogP contribution in [0, 0.1) is 11.3 Å². The third kappa shape index (κ3) is 3.89. The molecular weight excluding hydrogens is 486 g/mol. The van der Waals surface area contributed by atoms with Gasteiger partial charge < -0.3 is 10.3 Å². The molecule has 0 saturated carbocycles. The fourth-order valence-corrected chi connectivity index (χ4v) is 4.06. The van der Waals surface area contributed by atoms with Crippen molar-refractivity contribution < 1.29 is 0 Å². The van der Waals surface area contributed by atoms with E-state index in [1.807, 2.05) is 6.07 Å². The van der Waals surface area contributed by atoms with Crippen LogP contribution in [0.2, 0.25) is 0 Å². The third-order valence-corrected chi connectivity index (χ3v) is 5.81. The van der Waals surface area contributed by atoms with Crippen LogP contribution in [0.4, 0.5) is 5.95 Å². The van der Waals surface area contributed by atoms with Crippen molar-refractivity contribution in [2.24, 2.45) is 7.05 Å². The Morgan fingerprint density at radius 3 is 2.79 bits per heavy atom. The number of benzene rings is 1. The van der Waals surface area contributed by atoms with Crippen molar-refractivity contribution >= 4 is 11.6 Å². The second-order valence-electron chi connectivity index (χ2n) is 8.27. The van der Waals surface area contributed by atoms with Crippen LogP contribution in [0.25, 0.3) is 39.5 Å². The number of aromatic nitrogens is 11. The average Bonchev–Trinajstić information content (AvgIpc) is 3.58. The Labute approximate surface area is 213 Å². The number of tetrazole rings is 1. The Balaban J connectivity index is 1.55. The van der Waals surface area contributed by atoms with E-state index in [1.54, 1.807) is 56.1 Å². The van der Waals surface area contributed by atoms with Gasteiger partial charge in [-0.3, -0.25) is 9.78 Å². The fraction of sp³-hybridized carbons (Fsp3) is 0.0833. The van der Waals surface area contributed by atoms with E-state index in [0.717, 1.165) is 0 Å². The SMILES string of the molecule is Cn1cc(-c2c(-c3cccc(C#N)c3)nc(N)n3nc(Cn4nnnc4-c4cnccn4)nc23)ccc1=O. The Morgan fingerprint density at radius 2 is 2.00 bits per heavy atom. The zero-order valence-electron chi connectivity index (χ0n) is 19.8. The van der Waals surface area contributed by atoms with Crippen molar-refractivity contribution in [3.05, 3.63) is 82.9 Å². The van der Waals surface area contributed by atoms with Gasteiger partial charge in [0.2, 0.25) is 17.3 Å². The highest BCUT2D eigenvalue weighted by Crippen LogP contribution is 2.34. The number of nitrogens with zero attached hydrogens (tertiary/aromatic N) is 12. The second-order valence-corrected chi connectivity index (χ2v) is 8.27. The Bertz CT molecular complexity index is 1910. The number of fused-ring (bicyclic) bond motifs is 1. The van der Waals surface area contributed by atoms with E-state index < -0.39 is 0 Å². The Kier molecular flexibility index (Phi) is 5.35. The first-order chi connectivity index (χ1) is 18.5. The molecule has 0 aliphatic rings. The minimum atomic E-state index is -0.168. The molecular formula is C24H17N13O. The summed E-state index contributed by atoms with van der Waals surface area (Å²) < 4.78 is 4.40. The topological polar surface area (TPSA) is 184 Å². The predicted molar refractivity (Wildman–Crippen MR) is 134 cm³/mol. The Hall–Kier alpha value is -5.84. The van der Waals surface area contributed by atoms with Gasteiger partial charge in [0.15, 0.2) is 11.5 Å². The molecule has 0 amide bonds. The van der Waals surface area contributed by atoms with Crippen LogP contribution in [-0.4, -0.2) is 54.3 Å². The number of anilines is 1. The highest BCUT2D eigenvalue weighted by molar-refractivity contribution is 5.90. The standard InChI is InChI=1S/C24H17N13O/c1-35-12-16(5-6-19(35)38)20-21(15-4-2-3-14(9-15)10-25)30-24(26)37-23(20)29-18(32-37)13-36-22(31-33-34-36)17-11-27-7-8-28-17/h2-9,11-12H,13H2,1H3,(H2,26,30). The van der Waals surface area contributed by atoms with Crippen molar-refractivity contribution in [1.82, 2.24) is 54.3 Å². The van der Waals surface area contributed by atoms with Gasteiger partial charge >= 0.3 is 0 Å². The number of hydrogen-bond donors (Lipinski definition) is 1. The van der Waals surface area contributed by atoms with Gasteiger partial charge in [0, 0.05) is 42.8 Å². The molecule has 0 bridgehead atoms. The molecule has 0 aliphatic heterocycles. The number of nitriles is 1. The van der Waals surface area contributed by atoms with Gasteiger partial charge in [-0.2, -0.15) is 9.78 Å². The molecule has 0 spiro atoms. The smallest absolute Gasteiger partial charge is 0.250 e. The summed E-state index contributed by atoms with van der Waals surface area (Å²) in [5, 5.41) is 25.8. The van der Waals surface area contributed by atoms with Gasteiger partial charge in [-0.1, -0.05) is 12.1 Å². The maximum atomic E-state index is 12.1. The number of nitrogen functional groups attached to an aromatic ring is 1. The molecule has 0 fully saturated rings. The summed E-state index contributed by atoms with van der Waals surface area (Å²) in [6.45, 7) is 0.117. The van der Waals surface area contributed by atoms with Crippen molar-refractivity contribution in [3.8, 4) is 40.0 Å². The summed E-state index contributed by atoms with van der Waals surface area (Å²) in [7, 11) is 1.66. The summed E-state index contributed by atoms with van der Waals surface area (Å²) in [6.07, 6.45) is 6.35. The summed E-state index contributed by atoms with van der Waals surface area (Å²) in [5.74, 6) is 0.857. The average molecular weight is 503 g/mol. The summed E-state index contributed by atoms with van der Waals surface area (Å²) in [6, 6.07) is 12.3. The van der Waals surface area contributed by atoms with Crippen LogP contribution in [0.15, 0.2) is 66.0 Å². The van der Waals surface area contributed by atoms with Gasteiger partial charge in [0.05, 0.1) is 29.1 Å². The molecule has 6 aromatic rings. The lowest BCUT2D eigenvalue weighted by Crippen LogP contribution is -2.14. The maximum Gasteiger partial charge on any atom is 0.250 e. The molecule has 184 valence electrons. The van der Waals surface area contributed by atoms with Gasteiger partial charge in [-0.05, 0) is 28.6 Å². The predicted octanol–water partition coefficient (Wildman–Crippen LogP) is 1.10. The summed E-state index contributed by atoms with van der Waals surface area (Å²) in [4.78, 5) is 29.8. The number of rotatable bonds is 5. The largest absolute Gasteiger partial charge is 0.368 e. The van der Waals surface area contributed by atoms with E-state index in [-0.39, 0.29) is 18.1 Å². The summed E-state index contributed by atoms with van der Waals surface area (Å²) >= 11 is 0. The zero-order chi connectivity index (χ0) is 26.2. The first-order valence-corrected chi connectivity index (χ1v) is 11.3. The van der Waals surface area contributed by atoms with Crippen LogP contribution in [-0.2, 0) is 13.6 Å². The van der Waals surface area contributed by atoms with E-state index in [1.165, 1.54) is 19.8 Å². The van der Waals surface area contributed by atoms with Gasteiger partial charge in [0.1, 0.15) is 12.2 Å². The molecule has 14 nitrogen and oxygen atoms in total. The lowest BCUT2D eigenvalue weighted by molar-refractivity contribution is 0.627. The molecule has 0 unspecified atom stereocenters. The van der Waals surface area contributed by atoms with Gasteiger partial charge in [-0.15, -0.1) is 10.2 Å². The van der Waals surface area contributed by atoms with Crippen LogP contribution >= 0.6 is 0 Å². The van der Waals surface area contributed by atoms with Crippen molar-refractivity contribution in [3.63, 3.8) is 0 Å². The molecule has 0 atom stereocenters. The first kappa shape index (κ1) is 22.6. The monoisotopic (exact) mass is 503 g/mol. The molecule has 0 radical (unpaired) electrons. The maximum absolute atomic E-state index is 12.1. The molecule has 6 rings (SSSR count). The van der Waals surface area contributed by atoms with E-state index in [4.69, 9.17) is 10.7 Å². The molecule has 2 N–H and O–H groups in total. The second kappa shape index (κ2) is 8.99. The van der Waals surface area contributed by atoms with E-state index in [9.17, 15) is 10.1 Å². The number of hydrogen-bond acceptors (Lipinski definition) is 11. The highest BCUT2D eigenvalue weighted by atomic mass is 16.1. The molecule has 1 aromatic carbocycles. The quantitative estimate of drug-likeness (QED) is 0.355.